The maximum absolute atomic E-state index is 6.43. The van der Waals surface area contributed by atoms with Gasteiger partial charge in [0.05, 0.1) is 11.0 Å². The smallest absolute Gasteiger partial charge is 0.255 e. The Morgan fingerprint density at radius 2 is 1.11 bits per heavy atom. The van der Waals surface area contributed by atoms with Crippen LogP contribution in [0.25, 0.3) is 109 Å². The van der Waals surface area contributed by atoms with Crippen LogP contribution in [0.4, 0.5) is 0 Å². The number of furan rings is 1. The van der Waals surface area contributed by atoms with E-state index in [-0.39, 0.29) is 0 Å². The normalized spacial score (nSPS) is 11.9. The zero-order valence-corrected chi connectivity index (χ0v) is 31.3. The minimum Gasteiger partial charge on any atom is -0.456 e. The third kappa shape index (κ3) is 5.12. The highest BCUT2D eigenvalue weighted by molar-refractivity contribution is 7.26. The molecule has 0 aliphatic rings. The molecule has 4 aromatic heterocycles. The van der Waals surface area contributed by atoms with Crippen molar-refractivity contribution in [1.29, 1.82) is 0 Å². The van der Waals surface area contributed by atoms with Crippen molar-refractivity contribution in [2.75, 3.05) is 0 Å². The van der Waals surface area contributed by atoms with Gasteiger partial charge in [-0.25, -0.2) is 4.98 Å². The number of hydrogen-bond acceptors (Lipinski definition) is 4. The van der Waals surface area contributed by atoms with Crippen molar-refractivity contribution in [3.05, 3.63) is 188 Å². The average molecular weight is 748 g/mol. The zero-order chi connectivity index (χ0) is 37.5. The fourth-order valence-corrected chi connectivity index (χ4v) is 9.63. The number of nitrogens with zero attached hydrogens (tertiary/aromatic N) is 4. The Morgan fingerprint density at radius 3 is 1.93 bits per heavy atom. The molecule has 12 rings (SSSR count). The molecule has 266 valence electrons. The van der Waals surface area contributed by atoms with Gasteiger partial charge in [0.2, 0.25) is 12.0 Å². The molecule has 0 saturated heterocycles. The van der Waals surface area contributed by atoms with Gasteiger partial charge in [-0.15, -0.1) is 11.3 Å². The Balaban J connectivity index is 1.01. The molecule has 0 fully saturated rings. The first-order valence-corrected chi connectivity index (χ1v) is 19.9. The summed E-state index contributed by atoms with van der Waals surface area (Å²) in [4.78, 5) is 5.18. The van der Waals surface area contributed by atoms with E-state index >= 15 is 0 Å². The van der Waals surface area contributed by atoms with E-state index < -0.39 is 0 Å². The van der Waals surface area contributed by atoms with Crippen LogP contribution in [-0.2, 0) is 0 Å². The van der Waals surface area contributed by atoms with E-state index in [1.165, 1.54) is 42.0 Å². The number of fused-ring (bicyclic) bond motifs is 9. The van der Waals surface area contributed by atoms with Gasteiger partial charge in [0.25, 0.3) is 5.69 Å². The van der Waals surface area contributed by atoms with Crippen LogP contribution in [0.3, 0.4) is 0 Å². The lowest BCUT2D eigenvalue weighted by atomic mass is 10.00. The lowest BCUT2D eigenvalue weighted by Gasteiger charge is -2.08. The molecule has 0 atom stereocenters. The molecule has 0 amide bonds. The molecule has 57 heavy (non-hydrogen) atoms. The number of para-hydroxylation sites is 2. The summed E-state index contributed by atoms with van der Waals surface area (Å²) < 4.78 is 13.2. The summed E-state index contributed by atoms with van der Waals surface area (Å²) >= 11 is 1.80. The summed E-state index contributed by atoms with van der Waals surface area (Å²) in [6, 6.07) is 64.2. The van der Waals surface area contributed by atoms with E-state index in [2.05, 4.69) is 174 Å². The van der Waals surface area contributed by atoms with E-state index in [1.54, 1.807) is 11.3 Å². The summed E-state index contributed by atoms with van der Waals surface area (Å²) in [7, 11) is 0. The molecule has 0 saturated carbocycles. The molecule has 8 aromatic carbocycles. The fraction of sp³-hybridized carbons (Fsp3) is 0. The predicted molar refractivity (Wildman–Crippen MR) is 234 cm³/mol. The molecule has 6 heteroatoms. The SMILES string of the molecule is c1ccc(-c2c[n+](-c3cccc4c3sc3ccccc34)nc(-c3ccc4oc5ccc(-c6ccc7c(c6)c6ccccc6n7-c6ccccc6)cc5c4c3)n2)cc1. The van der Waals surface area contributed by atoms with Gasteiger partial charge in [0.15, 0.2) is 0 Å². The van der Waals surface area contributed by atoms with Gasteiger partial charge >= 0.3 is 0 Å². The van der Waals surface area contributed by atoms with Crippen molar-refractivity contribution in [3.63, 3.8) is 0 Å². The quantitative estimate of drug-likeness (QED) is 0.165. The number of rotatable bonds is 5. The summed E-state index contributed by atoms with van der Waals surface area (Å²) in [5.74, 6) is 0.641. The van der Waals surface area contributed by atoms with Crippen LogP contribution < -0.4 is 4.68 Å². The Hall–Kier alpha value is -7.41. The third-order valence-corrected chi connectivity index (χ3v) is 12.3. The van der Waals surface area contributed by atoms with Crippen LogP contribution in [0.5, 0.6) is 0 Å². The van der Waals surface area contributed by atoms with Crippen LogP contribution in [0, 0.1) is 0 Å². The lowest BCUT2D eigenvalue weighted by Crippen LogP contribution is -2.36. The molecule has 0 unspecified atom stereocenters. The van der Waals surface area contributed by atoms with Crippen LogP contribution in [-0.4, -0.2) is 14.6 Å². The topological polar surface area (TPSA) is 47.7 Å². The first kappa shape index (κ1) is 31.9. The number of hydrogen-bond donors (Lipinski definition) is 0. The van der Waals surface area contributed by atoms with Crippen molar-refractivity contribution in [2.24, 2.45) is 0 Å². The summed E-state index contributed by atoms with van der Waals surface area (Å²) in [6.45, 7) is 0. The van der Waals surface area contributed by atoms with Gasteiger partial charge in [-0.05, 0) is 82.5 Å². The van der Waals surface area contributed by atoms with Crippen LogP contribution in [0.2, 0.25) is 0 Å². The Kier molecular flexibility index (Phi) is 7.03. The summed E-state index contributed by atoms with van der Waals surface area (Å²) in [5.41, 5.74) is 11.3. The average Bonchev–Trinajstić information content (AvgIpc) is 3.95. The monoisotopic (exact) mass is 747 g/mol. The molecule has 12 aromatic rings. The molecular formula is C51H31N4OS+. The minimum atomic E-state index is 0.641. The second-order valence-electron chi connectivity index (χ2n) is 14.5. The number of aromatic nitrogens is 4. The Bertz CT molecular complexity index is 3530. The third-order valence-electron chi connectivity index (χ3n) is 11.1. The van der Waals surface area contributed by atoms with Crippen LogP contribution >= 0.6 is 11.3 Å². The summed E-state index contributed by atoms with van der Waals surface area (Å²) in [6.07, 6.45) is 2.05. The van der Waals surface area contributed by atoms with Gasteiger partial charge in [-0.3, -0.25) is 0 Å². The summed E-state index contributed by atoms with van der Waals surface area (Å²) in [5, 5.41) is 12.2. The van der Waals surface area contributed by atoms with E-state index in [9.17, 15) is 0 Å². The Labute approximate surface area is 330 Å². The highest BCUT2D eigenvalue weighted by Crippen LogP contribution is 2.39. The highest BCUT2D eigenvalue weighted by Gasteiger charge is 2.22. The molecule has 4 heterocycles. The van der Waals surface area contributed by atoms with E-state index in [0.717, 1.165) is 61.3 Å². The molecule has 0 N–H and O–H groups in total. The van der Waals surface area contributed by atoms with Crippen LogP contribution in [0.15, 0.2) is 193 Å². The maximum Gasteiger partial charge on any atom is 0.255 e. The number of benzene rings is 8. The first-order chi connectivity index (χ1) is 28.2. The van der Waals surface area contributed by atoms with Crippen molar-refractivity contribution in [3.8, 4) is 45.1 Å². The van der Waals surface area contributed by atoms with Crippen molar-refractivity contribution in [2.45, 2.75) is 0 Å². The van der Waals surface area contributed by atoms with E-state index in [4.69, 9.17) is 14.5 Å². The number of thiophene rings is 1. The maximum atomic E-state index is 6.43. The minimum absolute atomic E-state index is 0.641. The standard InChI is InChI=1S/C51H31N4OS/c1-3-12-32(13-4-1)43-31-54(46-20-11-18-39-38-17-8-10-21-49(38)57-50(39)46)53-51(52-43)35-24-27-48-42(30-35)41-29-34(23-26-47(41)56-48)33-22-25-45-40(28-33)37-16-7-9-19-44(37)55(45)36-14-5-2-6-15-36/h1-31H/q+1. The van der Waals surface area contributed by atoms with Crippen molar-refractivity contribution >= 4 is 75.3 Å². The van der Waals surface area contributed by atoms with Crippen LogP contribution in [0.1, 0.15) is 0 Å². The lowest BCUT2D eigenvalue weighted by molar-refractivity contribution is -0.657. The predicted octanol–water partition coefficient (Wildman–Crippen LogP) is 13.1. The second-order valence-corrected chi connectivity index (χ2v) is 15.5. The fourth-order valence-electron chi connectivity index (χ4n) is 8.42. The molecule has 0 aliphatic carbocycles. The Morgan fingerprint density at radius 1 is 0.474 bits per heavy atom. The molecule has 0 spiro atoms. The highest BCUT2D eigenvalue weighted by atomic mass is 32.1. The van der Waals surface area contributed by atoms with E-state index in [0.29, 0.717) is 5.82 Å². The molecule has 0 aliphatic heterocycles. The van der Waals surface area contributed by atoms with Gasteiger partial charge in [0, 0.05) is 65.0 Å². The molecule has 0 bridgehead atoms. The largest absolute Gasteiger partial charge is 0.456 e. The molecular weight excluding hydrogens is 717 g/mol. The van der Waals surface area contributed by atoms with Gasteiger partial charge in [-0.1, -0.05) is 109 Å². The van der Waals surface area contributed by atoms with Crippen molar-refractivity contribution in [1.82, 2.24) is 14.6 Å². The van der Waals surface area contributed by atoms with Gasteiger partial charge in [0.1, 0.15) is 21.6 Å². The second kappa shape index (κ2) is 12.6. The zero-order valence-electron chi connectivity index (χ0n) is 30.5. The van der Waals surface area contributed by atoms with Gasteiger partial charge in [-0.2, -0.15) is 0 Å². The molecule has 5 nitrogen and oxygen atoms in total. The molecule has 0 radical (unpaired) electrons. The van der Waals surface area contributed by atoms with Gasteiger partial charge < -0.3 is 8.98 Å². The first-order valence-electron chi connectivity index (χ1n) is 19.1. The van der Waals surface area contributed by atoms with Crippen molar-refractivity contribution < 1.29 is 9.10 Å². The van der Waals surface area contributed by atoms with E-state index in [1.807, 2.05) is 23.0 Å².